The highest BCUT2D eigenvalue weighted by Gasteiger charge is 2.38. The van der Waals surface area contributed by atoms with E-state index in [1.165, 1.54) is 22.3 Å². The van der Waals surface area contributed by atoms with E-state index in [1.807, 2.05) is 25.6 Å². The van der Waals surface area contributed by atoms with Gasteiger partial charge in [-0.15, -0.1) is 11.8 Å². The molecule has 1 heterocycles. The summed E-state index contributed by atoms with van der Waals surface area (Å²) in [5.74, 6) is -0.683. The van der Waals surface area contributed by atoms with Gasteiger partial charge >= 0.3 is 5.97 Å². The highest BCUT2D eigenvalue weighted by molar-refractivity contribution is 8.02. The molecule has 2 aromatic rings. The molecule has 2 aromatic carbocycles. The Balaban J connectivity index is 1.57. The lowest BCUT2D eigenvalue weighted by Crippen LogP contribution is -2.27. The maximum absolute atomic E-state index is 13.2. The third-order valence-corrected chi connectivity index (χ3v) is 9.10. The quantitative estimate of drug-likeness (QED) is 0.190. The summed E-state index contributed by atoms with van der Waals surface area (Å²) in [6.45, 7) is 8.00. The molecule has 37 heavy (non-hydrogen) atoms. The van der Waals surface area contributed by atoms with E-state index in [0.717, 1.165) is 51.4 Å². The van der Waals surface area contributed by atoms with Crippen molar-refractivity contribution >= 4 is 23.5 Å². The number of thioether (sulfide) groups is 1. The van der Waals surface area contributed by atoms with Gasteiger partial charge in [0, 0.05) is 11.2 Å². The normalized spacial score (nSPS) is 16.7. The van der Waals surface area contributed by atoms with Crippen molar-refractivity contribution in [1.82, 2.24) is 0 Å². The molecule has 1 N–H and O–H groups in total. The van der Waals surface area contributed by atoms with Gasteiger partial charge in [-0.25, -0.2) is 0 Å². The molecule has 1 unspecified atom stereocenters. The zero-order chi connectivity index (χ0) is 26.9. The summed E-state index contributed by atoms with van der Waals surface area (Å²) in [6, 6.07) is 17.7. The van der Waals surface area contributed by atoms with Gasteiger partial charge in [0.15, 0.2) is 0 Å². The van der Waals surface area contributed by atoms with E-state index in [9.17, 15) is 14.7 Å². The minimum atomic E-state index is -0.844. The van der Waals surface area contributed by atoms with Crippen LogP contribution in [0.15, 0.2) is 60.7 Å². The molecule has 0 saturated carbocycles. The Morgan fingerprint density at radius 3 is 1.76 bits per heavy atom. The van der Waals surface area contributed by atoms with Crippen molar-refractivity contribution < 1.29 is 14.7 Å². The molecule has 3 rings (SSSR count). The summed E-state index contributed by atoms with van der Waals surface area (Å²) >= 11 is 1.81. The van der Waals surface area contributed by atoms with E-state index in [1.54, 1.807) is 0 Å². The predicted octanol–water partition coefficient (Wildman–Crippen LogP) is 8.30. The number of benzene rings is 2. The van der Waals surface area contributed by atoms with Crippen LogP contribution in [0.2, 0.25) is 0 Å². The Morgan fingerprint density at radius 1 is 0.811 bits per heavy atom. The van der Waals surface area contributed by atoms with Gasteiger partial charge in [0.05, 0.1) is 11.7 Å². The number of aryl methyl sites for hydroxylation is 4. The van der Waals surface area contributed by atoms with E-state index in [4.69, 9.17) is 0 Å². The minimum Gasteiger partial charge on any atom is -0.481 e. The fourth-order valence-electron chi connectivity index (χ4n) is 5.24. The van der Waals surface area contributed by atoms with E-state index in [2.05, 4.69) is 74.5 Å². The molecule has 4 heteroatoms. The number of rotatable bonds is 15. The zero-order valence-corrected chi connectivity index (χ0v) is 23.9. The fourth-order valence-corrected chi connectivity index (χ4v) is 6.80. The van der Waals surface area contributed by atoms with Crippen LogP contribution in [-0.4, -0.2) is 26.9 Å². The largest absolute Gasteiger partial charge is 0.481 e. The van der Waals surface area contributed by atoms with Crippen molar-refractivity contribution in [1.29, 1.82) is 0 Å². The van der Waals surface area contributed by atoms with Crippen molar-refractivity contribution in [3.8, 4) is 0 Å². The van der Waals surface area contributed by atoms with Crippen LogP contribution in [0.3, 0.4) is 0 Å². The lowest BCUT2D eigenvalue weighted by molar-refractivity contribution is -0.139. The zero-order valence-electron chi connectivity index (χ0n) is 23.1. The molecule has 1 atom stereocenters. The summed E-state index contributed by atoms with van der Waals surface area (Å²) in [6.07, 6.45) is 13.6. The fraction of sp³-hybridized carbons (Fsp3) is 0.515. The van der Waals surface area contributed by atoms with E-state index in [0.29, 0.717) is 6.42 Å². The number of hydrogen-bond acceptors (Lipinski definition) is 3. The first-order chi connectivity index (χ1) is 17.6. The van der Waals surface area contributed by atoms with Crippen molar-refractivity contribution in [2.75, 3.05) is 0 Å². The van der Waals surface area contributed by atoms with Gasteiger partial charge < -0.3 is 5.11 Å². The lowest BCUT2D eigenvalue weighted by Gasteiger charge is -2.29. The first kappa shape index (κ1) is 29.2. The number of hydrogen-bond donors (Lipinski definition) is 1. The van der Waals surface area contributed by atoms with Gasteiger partial charge in [-0.1, -0.05) is 98.5 Å². The Bertz CT molecular complexity index is 996. The van der Waals surface area contributed by atoms with Crippen molar-refractivity contribution in [3.05, 3.63) is 82.9 Å². The smallest absolute Gasteiger partial charge is 0.303 e. The van der Waals surface area contributed by atoms with Crippen LogP contribution in [0.4, 0.5) is 0 Å². The predicted molar refractivity (Wildman–Crippen MR) is 156 cm³/mol. The molecular formula is C33H44O3S. The van der Waals surface area contributed by atoms with Crippen molar-refractivity contribution in [3.63, 3.8) is 0 Å². The van der Waals surface area contributed by atoms with Gasteiger partial charge in [0.1, 0.15) is 5.78 Å². The SMILES string of the molecule is Cc1ccc(CCCCC2(CCCCc3ccc(C)cc3)C=CC(C(=O)CC(C)(C)CC(=O)O)S2)cc1. The summed E-state index contributed by atoms with van der Waals surface area (Å²) in [7, 11) is 0. The number of carboxylic acid groups (broad SMARTS) is 1. The van der Waals surface area contributed by atoms with Crippen molar-refractivity contribution in [2.45, 2.75) is 102 Å². The van der Waals surface area contributed by atoms with Crippen LogP contribution in [-0.2, 0) is 22.4 Å². The molecule has 0 aromatic heterocycles. The Labute approximate surface area is 228 Å². The molecule has 0 aliphatic carbocycles. The lowest BCUT2D eigenvalue weighted by atomic mass is 9.83. The molecular weight excluding hydrogens is 476 g/mol. The second-order valence-corrected chi connectivity index (χ2v) is 13.3. The van der Waals surface area contributed by atoms with Gasteiger partial charge in [-0.2, -0.15) is 0 Å². The topological polar surface area (TPSA) is 54.4 Å². The second kappa shape index (κ2) is 13.5. The van der Waals surface area contributed by atoms with Gasteiger partial charge in [0.2, 0.25) is 0 Å². The Hall–Kier alpha value is -2.33. The standard InChI is InChI=1S/C33H44O3S/c1-25-11-15-27(16-12-25)9-5-7-20-33(21-8-6-10-28-17-13-26(2)14-18-28)22-19-30(37-33)29(34)23-32(3,4)24-31(35)36/h11-19,22,30H,5-10,20-21,23-24H2,1-4H3,(H,35,36). The van der Waals surface area contributed by atoms with Gasteiger partial charge in [-0.05, 0) is 68.9 Å². The van der Waals surface area contributed by atoms with Crippen molar-refractivity contribution in [2.24, 2.45) is 5.41 Å². The molecule has 0 amide bonds. The number of Topliss-reactive ketones (excluding diaryl/α,β-unsaturated/α-hetero) is 1. The first-order valence-electron chi connectivity index (χ1n) is 13.8. The molecule has 1 aliphatic rings. The minimum absolute atomic E-state index is 0.00216. The average Bonchev–Trinajstić information content (AvgIpc) is 3.25. The number of carbonyl (C=O) groups excluding carboxylic acids is 1. The molecule has 0 radical (unpaired) electrons. The monoisotopic (exact) mass is 520 g/mol. The molecule has 3 nitrogen and oxygen atoms in total. The summed E-state index contributed by atoms with van der Waals surface area (Å²) < 4.78 is -0.00216. The van der Waals surface area contributed by atoms with E-state index >= 15 is 0 Å². The molecule has 1 aliphatic heterocycles. The van der Waals surface area contributed by atoms with Crippen LogP contribution in [0, 0.1) is 19.3 Å². The van der Waals surface area contributed by atoms with Crippen LogP contribution in [0.1, 0.15) is 87.5 Å². The van der Waals surface area contributed by atoms with Crippen LogP contribution in [0.25, 0.3) is 0 Å². The van der Waals surface area contributed by atoms with Gasteiger partial charge in [0.25, 0.3) is 0 Å². The number of carbonyl (C=O) groups is 2. The van der Waals surface area contributed by atoms with E-state index in [-0.39, 0.29) is 22.2 Å². The summed E-state index contributed by atoms with van der Waals surface area (Å²) in [4.78, 5) is 24.4. The third kappa shape index (κ3) is 9.81. The number of aliphatic carboxylic acids is 1. The van der Waals surface area contributed by atoms with Crippen LogP contribution >= 0.6 is 11.8 Å². The molecule has 0 fully saturated rings. The number of carboxylic acids is 1. The summed E-state index contributed by atoms with van der Waals surface area (Å²) in [5.41, 5.74) is 4.85. The van der Waals surface area contributed by atoms with E-state index < -0.39 is 11.4 Å². The molecule has 0 bridgehead atoms. The summed E-state index contributed by atoms with van der Waals surface area (Å²) in [5, 5.41) is 9.05. The maximum atomic E-state index is 13.2. The average molecular weight is 521 g/mol. The second-order valence-electron chi connectivity index (χ2n) is 11.7. The van der Waals surface area contributed by atoms with Crippen LogP contribution < -0.4 is 0 Å². The highest BCUT2D eigenvalue weighted by atomic mass is 32.2. The first-order valence-corrected chi connectivity index (χ1v) is 14.7. The highest BCUT2D eigenvalue weighted by Crippen LogP contribution is 2.46. The Morgan fingerprint density at radius 2 is 1.30 bits per heavy atom. The number of unbranched alkanes of at least 4 members (excludes halogenated alkanes) is 2. The molecule has 200 valence electrons. The number of ketones is 1. The van der Waals surface area contributed by atoms with Crippen LogP contribution in [0.5, 0.6) is 0 Å². The maximum Gasteiger partial charge on any atom is 0.303 e. The molecule has 0 spiro atoms. The van der Waals surface area contributed by atoms with Gasteiger partial charge in [-0.3, -0.25) is 9.59 Å². The third-order valence-electron chi connectivity index (χ3n) is 7.41. The Kier molecular flexibility index (Phi) is 10.6. The molecule has 0 saturated heterocycles.